The Hall–Kier alpha value is -2.01. The third-order valence-electron chi connectivity index (χ3n) is 2.70. The lowest BCUT2D eigenvalue weighted by molar-refractivity contribution is 0.0997. The third-order valence-corrected chi connectivity index (χ3v) is 3.36. The number of hydrogen-bond acceptors (Lipinski definition) is 3. The van der Waals surface area contributed by atoms with E-state index in [0.29, 0.717) is 21.5 Å². The van der Waals surface area contributed by atoms with Crippen molar-refractivity contribution in [2.75, 3.05) is 0 Å². The number of primary amides is 1. The number of rotatable bonds is 3. The van der Waals surface area contributed by atoms with Gasteiger partial charge in [-0.25, -0.2) is 0 Å². The number of aromatic hydroxyl groups is 1. The van der Waals surface area contributed by atoms with Crippen LogP contribution in [0.2, 0.25) is 0 Å². The molecule has 0 radical (unpaired) electrons. The van der Waals surface area contributed by atoms with Gasteiger partial charge in [-0.1, -0.05) is 12.1 Å². The van der Waals surface area contributed by atoms with E-state index in [1.54, 1.807) is 43.3 Å². The highest BCUT2D eigenvalue weighted by atomic mass is 79.9. The molecule has 0 saturated heterocycles. The highest BCUT2D eigenvalue weighted by Gasteiger charge is 2.15. The summed E-state index contributed by atoms with van der Waals surface area (Å²) in [5.74, 6) is 0.365. The van der Waals surface area contributed by atoms with E-state index >= 15 is 0 Å². The first-order valence-electron chi connectivity index (χ1n) is 5.55. The highest BCUT2D eigenvalue weighted by Crippen LogP contribution is 2.34. The van der Waals surface area contributed by atoms with E-state index in [4.69, 9.17) is 10.5 Å². The van der Waals surface area contributed by atoms with Crippen molar-refractivity contribution < 1.29 is 14.6 Å². The Morgan fingerprint density at radius 3 is 2.53 bits per heavy atom. The molecule has 1 amide bonds. The van der Waals surface area contributed by atoms with E-state index in [1.807, 2.05) is 0 Å². The second kappa shape index (κ2) is 5.32. The molecule has 0 atom stereocenters. The van der Waals surface area contributed by atoms with Crippen molar-refractivity contribution in [1.29, 1.82) is 0 Å². The van der Waals surface area contributed by atoms with E-state index in [0.717, 1.165) is 0 Å². The Kier molecular flexibility index (Phi) is 3.76. The molecule has 0 bridgehead atoms. The molecular formula is C14H12BrNO3. The van der Waals surface area contributed by atoms with Gasteiger partial charge in [0.1, 0.15) is 17.2 Å². The number of halogens is 1. The van der Waals surface area contributed by atoms with Gasteiger partial charge < -0.3 is 15.6 Å². The normalized spacial score (nSPS) is 10.2. The number of carbonyl (C=O) groups is 1. The minimum atomic E-state index is -0.583. The van der Waals surface area contributed by atoms with Crippen LogP contribution in [0.5, 0.6) is 17.2 Å². The fourth-order valence-corrected chi connectivity index (χ4v) is 2.20. The van der Waals surface area contributed by atoms with Gasteiger partial charge in [0.2, 0.25) is 0 Å². The van der Waals surface area contributed by atoms with Crippen LogP contribution in [0.4, 0.5) is 0 Å². The Morgan fingerprint density at radius 1 is 1.21 bits per heavy atom. The van der Waals surface area contributed by atoms with E-state index in [2.05, 4.69) is 15.9 Å². The molecule has 98 valence electrons. The summed E-state index contributed by atoms with van der Waals surface area (Å²) in [4.78, 5) is 11.4. The van der Waals surface area contributed by atoms with Gasteiger partial charge in [0.05, 0.1) is 5.56 Å². The first-order valence-corrected chi connectivity index (χ1v) is 6.34. The van der Waals surface area contributed by atoms with E-state index in [1.165, 1.54) is 0 Å². The Labute approximate surface area is 118 Å². The lowest BCUT2D eigenvalue weighted by atomic mass is 10.1. The standard InChI is InChI=1S/C14H12BrNO3/c1-8-10(17)5-3-6-11(8)19-12-7-2-4-9(15)13(12)14(16)18/h2-7,17H,1H3,(H2,16,18). The zero-order valence-electron chi connectivity index (χ0n) is 10.2. The molecule has 2 aromatic carbocycles. The van der Waals surface area contributed by atoms with Crippen molar-refractivity contribution in [3.8, 4) is 17.2 Å². The van der Waals surface area contributed by atoms with Crippen LogP contribution in [0.3, 0.4) is 0 Å². The Balaban J connectivity index is 2.47. The first kappa shape index (κ1) is 13.4. The van der Waals surface area contributed by atoms with E-state index in [9.17, 15) is 9.90 Å². The maximum absolute atomic E-state index is 11.4. The van der Waals surface area contributed by atoms with Crippen molar-refractivity contribution in [3.63, 3.8) is 0 Å². The van der Waals surface area contributed by atoms with Crippen LogP contribution >= 0.6 is 15.9 Å². The summed E-state index contributed by atoms with van der Waals surface area (Å²) in [6.45, 7) is 1.73. The quantitative estimate of drug-likeness (QED) is 0.910. The lowest BCUT2D eigenvalue weighted by Gasteiger charge is -2.12. The van der Waals surface area contributed by atoms with Crippen molar-refractivity contribution in [2.45, 2.75) is 6.92 Å². The monoisotopic (exact) mass is 321 g/mol. The van der Waals surface area contributed by atoms with Crippen LogP contribution in [0, 0.1) is 6.92 Å². The largest absolute Gasteiger partial charge is 0.508 e. The number of nitrogens with two attached hydrogens (primary N) is 1. The summed E-state index contributed by atoms with van der Waals surface area (Å²) in [5, 5.41) is 9.63. The molecule has 0 aliphatic rings. The number of benzene rings is 2. The van der Waals surface area contributed by atoms with Gasteiger partial charge in [-0.15, -0.1) is 0 Å². The molecule has 2 rings (SSSR count). The minimum Gasteiger partial charge on any atom is -0.508 e. The molecule has 19 heavy (non-hydrogen) atoms. The van der Waals surface area contributed by atoms with Crippen LogP contribution in [0.1, 0.15) is 15.9 Å². The molecule has 2 aromatic rings. The van der Waals surface area contributed by atoms with Gasteiger partial charge in [0, 0.05) is 10.0 Å². The fraction of sp³-hybridized carbons (Fsp3) is 0.0714. The van der Waals surface area contributed by atoms with Crippen molar-refractivity contribution in [3.05, 3.63) is 52.0 Å². The summed E-state index contributed by atoms with van der Waals surface area (Å²) < 4.78 is 6.24. The fourth-order valence-electron chi connectivity index (χ4n) is 1.66. The van der Waals surface area contributed by atoms with Gasteiger partial charge in [-0.2, -0.15) is 0 Å². The van der Waals surface area contributed by atoms with Gasteiger partial charge in [0.15, 0.2) is 0 Å². The molecule has 0 saturated carbocycles. The SMILES string of the molecule is Cc1c(O)cccc1Oc1cccc(Br)c1C(N)=O. The van der Waals surface area contributed by atoms with Gasteiger partial charge in [-0.3, -0.25) is 4.79 Å². The first-order chi connectivity index (χ1) is 9.00. The van der Waals surface area contributed by atoms with Gasteiger partial charge >= 0.3 is 0 Å². The smallest absolute Gasteiger partial charge is 0.253 e. The number of hydrogen-bond donors (Lipinski definition) is 2. The highest BCUT2D eigenvalue weighted by molar-refractivity contribution is 9.10. The molecule has 0 aromatic heterocycles. The lowest BCUT2D eigenvalue weighted by Crippen LogP contribution is -2.13. The molecule has 3 N–H and O–H groups in total. The zero-order valence-corrected chi connectivity index (χ0v) is 11.8. The summed E-state index contributed by atoms with van der Waals surface area (Å²) in [6, 6.07) is 10.0. The van der Waals surface area contributed by atoms with E-state index in [-0.39, 0.29) is 11.3 Å². The predicted octanol–water partition coefficient (Wildman–Crippen LogP) is 3.35. The van der Waals surface area contributed by atoms with Crippen LogP contribution in [-0.2, 0) is 0 Å². The van der Waals surface area contributed by atoms with Crippen LogP contribution in [-0.4, -0.2) is 11.0 Å². The van der Waals surface area contributed by atoms with E-state index < -0.39 is 5.91 Å². The molecule has 0 aliphatic carbocycles. The Morgan fingerprint density at radius 2 is 1.84 bits per heavy atom. The number of carbonyl (C=O) groups excluding carboxylic acids is 1. The Bertz CT molecular complexity index is 641. The predicted molar refractivity (Wildman–Crippen MR) is 75.6 cm³/mol. The number of amides is 1. The molecule has 0 unspecified atom stereocenters. The molecule has 0 spiro atoms. The maximum Gasteiger partial charge on any atom is 0.253 e. The third kappa shape index (κ3) is 2.71. The second-order valence-electron chi connectivity index (χ2n) is 3.98. The average molecular weight is 322 g/mol. The average Bonchev–Trinajstić information content (AvgIpc) is 2.34. The van der Waals surface area contributed by atoms with Gasteiger partial charge in [-0.05, 0) is 47.1 Å². The summed E-state index contributed by atoms with van der Waals surface area (Å²) in [5.41, 5.74) is 6.20. The van der Waals surface area contributed by atoms with Crippen LogP contribution < -0.4 is 10.5 Å². The number of phenolic OH excluding ortho intramolecular Hbond substituents is 1. The van der Waals surface area contributed by atoms with Crippen LogP contribution in [0.15, 0.2) is 40.9 Å². The number of phenols is 1. The summed E-state index contributed by atoms with van der Waals surface area (Å²) in [6.07, 6.45) is 0. The topological polar surface area (TPSA) is 72.6 Å². The molecule has 0 heterocycles. The van der Waals surface area contributed by atoms with Crippen LogP contribution in [0.25, 0.3) is 0 Å². The zero-order chi connectivity index (χ0) is 14.0. The molecule has 4 nitrogen and oxygen atoms in total. The van der Waals surface area contributed by atoms with Crippen molar-refractivity contribution >= 4 is 21.8 Å². The minimum absolute atomic E-state index is 0.133. The maximum atomic E-state index is 11.4. The van der Waals surface area contributed by atoms with Crippen molar-refractivity contribution in [2.24, 2.45) is 5.73 Å². The second-order valence-corrected chi connectivity index (χ2v) is 4.83. The van der Waals surface area contributed by atoms with Crippen molar-refractivity contribution in [1.82, 2.24) is 0 Å². The van der Waals surface area contributed by atoms with Gasteiger partial charge in [0.25, 0.3) is 5.91 Å². The molecule has 0 aliphatic heterocycles. The molecule has 5 heteroatoms. The summed E-state index contributed by atoms with van der Waals surface area (Å²) in [7, 11) is 0. The summed E-state index contributed by atoms with van der Waals surface area (Å²) >= 11 is 3.26. The molecular weight excluding hydrogens is 310 g/mol. The molecule has 0 fully saturated rings. The number of ether oxygens (including phenoxy) is 1.